The zero-order valence-corrected chi connectivity index (χ0v) is 9.47. The number of carbonyl (C=O) groups excluding carboxylic acids is 2. The van der Waals surface area contributed by atoms with E-state index in [0.29, 0.717) is 11.4 Å². The normalized spacial score (nSPS) is 11.6. The van der Waals surface area contributed by atoms with Crippen molar-refractivity contribution in [2.24, 2.45) is 5.73 Å². The average molecular weight is 237 g/mol. The highest BCUT2D eigenvalue weighted by Gasteiger charge is 2.12. The van der Waals surface area contributed by atoms with Crippen molar-refractivity contribution in [1.82, 2.24) is 0 Å². The van der Waals surface area contributed by atoms with Gasteiger partial charge >= 0.3 is 6.09 Å². The smallest absolute Gasteiger partial charge is 0.404 e. The van der Waals surface area contributed by atoms with Crippen LogP contribution in [-0.2, 0) is 9.53 Å². The van der Waals surface area contributed by atoms with Gasteiger partial charge in [0, 0.05) is 0 Å². The largest absolute Gasteiger partial charge is 0.446 e. The number of carbonyl (C=O) groups is 2. The van der Waals surface area contributed by atoms with Crippen LogP contribution >= 0.6 is 0 Å². The van der Waals surface area contributed by atoms with Gasteiger partial charge in [0.15, 0.2) is 0 Å². The van der Waals surface area contributed by atoms with E-state index in [1.54, 1.807) is 31.2 Å². The molecule has 5 N–H and O–H groups in total. The second kappa shape index (κ2) is 5.74. The number of hydrogen-bond acceptors (Lipinski definition) is 4. The van der Waals surface area contributed by atoms with Crippen LogP contribution in [0.1, 0.15) is 13.3 Å². The summed E-state index contributed by atoms with van der Waals surface area (Å²) in [6.07, 6.45) is -1.45. The number of primary amides is 1. The zero-order chi connectivity index (χ0) is 12.8. The van der Waals surface area contributed by atoms with Crippen LogP contribution in [0, 0.1) is 0 Å². The lowest BCUT2D eigenvalue weighted by atomic mass is 10.2. The van der Waals surface area contributed by atoms with Crippen LogP contribution < -0.4 is 16.8 Å². The predicted octanol–water partition coefficient (Wildman–Crippen LogP) is 1.08. The first-order valence-corrected chi connectivity index (χ1v) is 5.09. The Hall–Kier alpha value is -2.24. The van der Waals surface area contributed by atoms with Gasteiger partial charge in [0.2, 0.25) is 5.91 Å². The van der Waals surface area contributed by atoms with Crippen LogP contribution in [0.15, 0.2) is 24.3 Å². The summed E-state index contributed by atoms with van der Waals surface area (Å²) in [5.74, 6) is -0.295. The van der Waals surface area contributed by atoms with Crippen LogP contribution in [0.2, 0.25) is 0 Å². The van der Waals surface area contributed by atoms with Gasteiger partial charge in [-0.15, -0.1) is 0 Å². The van der Waals surface area contributed by atoms with E-state index in [1.165, 1.54) is 0 Å². The molecule has 0 fully saturated rings. The Kier molecular flexibility index (Phi) is 4.33. The summed E-state index contributed by atoms with van der Waals surface area (Å²) in [6.45, 7) is 1.58. The SMILES string of the molecule is C[C@H](CC(=O)Nc1ccccc1N)OC(N)=O. The second-order valence-electron chi connectivity index (χ2n) is 3.59. The quantitative estimate of drug-likeness (QED) is 0.681. The minimum Gasteiger partial charge on any atom is -0.446 e. The summed E-state index contributed by atoms with van der Waals surface area (Å²) < 4.78 is 4.64. The van der Waals surface area contributed by atoms with E-state index in [4.69, 9.17) is 11.5 Å². The average Bonchev–Trinajstić information content (AvgIpc) is 2.19. The first kappa shape index (κ1) is 12.8. The van der Waals surface area contributed by atoms with E-state index in [-0.39, 0.29) is 12.3 Å². The van der Waals surface area contributed by atoms with Gasteiger partial charge in [-0.05, 0) is 19.1 Å². The molecule has 0 aliphatic rings. The van der Waals surface area contributed by atoms with Crippen molar-refractivity contribution in [2.45, 2.75) is 19.4 Å². The van der Waals surface area contributed by atoms with Gasteiger partial charge in [-0.25, -0.2) is 4.79 Å². The van der Waals surface area contributed by atoms with Gasteiger partial charge in [0.1, 0.15) is 6.10 Å². The molecule has 92 valence electrons. The summed E-state index contributed by atoms with van der Waals surface area (Å²) >= 11 is 0. The number of para-hydroxylation sites is 2. The highest BCUT2D eigenvalue weighted by Crippen LogP contribution is 2.17. The fraction of sp³-hybridized carbons (Fsp3) is 0.273. The molecule has 0 bridgehead atoms. The van der Waals surface area contributed by atoms with E-state index < -0.39 is 12.2 Å². The van der Waals surface area contributed by atoms with Crippen LogP contribution in [0.25, 0.3) is 0 Å². The maximum atomic E-state index is 11.6. The third-order valence-electron chi connectivity index (χ3n) is 2.03. The number of benzene rings is 1. The molecular weight excluding hydrogens is 222 g/mol. The molecule has 0 saturated carbocycles. The topological polar surface area (TPSA) is 107 Å². The van der Waals surface area contributed by atoms with E-state index >= 15 is 0 Å². The molecule has 1 aromatic carbocycles. The van der Waals surface area contributed by atoms with Gasteiger partial charge < -0.3 is 21.5 Å². The Morgan fingerprint density at radius 3 is 2.65 bits per heavy atom. The highest BCUT2D eigenvalue weighted by molar-refractivity contribution is 5.94. The number of nitrogens with two attached hydrogens (primary N) is 2. The Morgan fingerprint density at radius 2 is 2.06 bits per heavy atom. The molecule has 0 aliphatic carbocycles. The predicted molar refractivity (Wildman–Crippen MR) is 64.2 cm³/mol. The highest BCUT2D eigenvalue weighted by atomic mass is 16.6. The number of anilines is 2. The van der Waals surface area contributed by atoms with Gasteiger partial charge in [0.25, 0.3) is 0 Å². The van der Waals surface area contributed by atoms with Gasteiger partial charge in [-0.1, -0.05) is 12.1 Å². The molecule has 0 aromatic heterocycles. The van der Waals surface area contributed by atoms with Crippen molar-refractivity contribution in [2.75, 3.05) is 11.1 Å². The molecule has 1 aromatic rings. The molecular formula is C11H15N3O3. The van der Waals surface area contributed by atoms with Crippen molar-refractivity contribution in [3.05, 3.63) is 24.3 Å². The first-order valence-electron chi connectivity index (χ1n) is 5.09. The number of rotatable bonds is 4. The maximum Gasteiger partial charge on any atom is 0.404 e. The Balaban J connectivity index is 2.50. The molecule has 0 radical (unpaired) electrons. The van der Waals surface area contributed by atoms with Crippen molar-refractivity contribution < 1.29 is 14.3 Å². The van der Waals surface area contributed by atoms with E-state index in [9.17, 15) is 9.59 Å². The lowest BCUT2D eigenvalue weighted by molar-refractivity contribution is -0.117. The molecule has 0 spiro atoms. The maximum absolute atomic E-state index is 11.6. The van der Waals surface area contributed by atoms with Crippen LogP contribution in [0.5, 0.6) is 0 Å². The number of nitrogen functional groups attached to an aromatic ring is 1. The summed E-state index contributed by atoms with van der Waals surface area (Å²) in [5.41, 5.74) is 11.5. The lowest BCUT2D eigenvalue weighted by Gasteiger charge is -2.12. The van der Waals surface area contributed by atoms with Crippen LogP contribution in [0.3, 0.4) is 0 Å². The van der Waals surface area contributed by atoms with Gasteiger partial charge in [-0.2, -0.15) is 0 Å². The van der Waals surface area contributed by atoms with Gasteiger partial charge in [0.05, 0.1) is 17.8 Å². The van der Waals surface area contributed by atoms with Crippen molar-refractivity contribution in [1.29, 1.82) is 0 Å². The molecule has 2 amide bonds. The second-order valence-corrected chi connectivity index (χ2v) is 3.59. The Bertz CT molecular complexity index is 420. The molecule has 17 heavy (non-hydrogen) atoms. The fourth-order valence-electron chi connectivity index (χ4n) is 1.31. The number of amides is 2. The van der Waals surface area contributed by atoms with Gasteiger partial charge in [-0.3, -0.25) is 4.79 Å². The Labute approximate surface area is 98.9 Å². The molecule has 6 nitrogen and oxygen atoms in total. The molecule has 0 aliphatic heterocycles. The van der Waals surface area contributed by atoms with Crippen molar-refractivity contribution in [3.63, 3.8) is 0 Å². The third-order valence-corrected chi connectivity index (χ3v) is 2.03. The standard InChI is InChI=1S/C11H15N3O3/c1-7(17-11(13)16)6-10(15)14-9-5-3-2-4-8(9)12/h2-5,7H,6,12H2,1H3,(H2,13,16)(H,14,15)/t7-/m1/s1. The summed E-state index contributed by atoms with van der Waals surface area (Å²) in [5, 5.41) is 2.62. The molecule has 0 heterocycles. The van der Waals surface area contributed by atoms with Crippen LogP contribution in [-0.4, -0.2) is 18.1 Å². The monoisotopic (exact) mass is 237 g/mol. The molecule has 6 heteroatoms. The zero-order valence-electron chi connectivity index (χ0n) is 9.47. The number of ether oxygens (including phenoxy) is 1. The number of hydrogen-bond donors (Lipinski definition) is 3. The minimum atomic E-state index is -0.899. The summed E-state index contributed by atoms with van der Waals surface area (Å²) in [4.78, 5) is 22.0. The van der Waals surface area contributed by atoms with Crippen LogP contribution in [0.4, 0.5) is 16.2 Å². The van der Waals surface area contributed by atoms with Crippen molar-refractivity contribution >= 4 is 23.4 Å². The lowest BCUT2D eigenvalue weighted by Crippen LogP contribution is -2.25. The molecule has 1 atom stereocenters. The fourth-order valence-corrected chi connectivity index (χ4v) is 1.31. The van der Waals surface area contributed by atoms with E-state index in [2.05, 4.69) is 10.1 Å². The molecule has 0 saturated heterocycles. The Morgan fingerprint density at radius 1 is 1.41 bits per heavy atom. The number of nitrogens with one attached hydrogen (secondary N) is 1. The van der Waals surface area contributed by atoms with E-state index in [0.717, 1.165) is 0 Å². The van der Waals surface area contributed by atoms with E-state index in [1.807, 2.05) is 0 Å². The molecule has 1 rings (SSSR count). The molecule has 0 unspecified atom stereocenters. The minimum absolute atomic E-state index is 0.0251. The summed E-state index contributed by atoms with van der Waals surface area (Å²) in [7, 11) is 0. The summed E-state index contributed by atoms with van der Waals surface area (Å²) in [6, 6.07) is 6.89. The third kappa shape index (κ3) is 4.42. The van der Waals surface area contributed by atoms with Crippen molar-refractivity contribution in [3.8, 4) is 0 Å². The first-order chi connectivity index (χ1) is 7.99.